The third-order valence-electron chi connectivity index (χ3n) is 5.39. The van der Waals surface area contributed by atoms with Crippen LogP contribution in [0, 0.1) is 4.91 Å². The monoisotopic (exact) mass is 427 g/mol. The molecule has 1 aromatic heterocycles. The Hall–Kier alpha value is -4.26. The summed E-state index contributed by atoms with van der Waals surface area (Å²) in [5, 5.41) is 6.38. The van der Waals surface area contributed by atoms with Crippen molar-refractivity contribution in [2.45, 2.75) is 13.0 Å². The first-order chi connectivity index (χ1) is 15.5. The molecule has 0 fully saturated rings. The first-order valence-corrected chi connectivity index (χ1v) is 10.0. The molecule has 0 bridgehead atoms. The summed E-state index contributed by atoms with van der Waals surface area (Å²) in [5.74, 6) is -0.279. The van der Waals surface area contributed by atoms with Gasteiger partial charge in [0, 0.05) is 28.0 Å². The largest absolute Gasteiger partial charge is 0.497 e. The number of hydrogen-bond acceptors (Lipinski definition) is 4. The van der Waals surface area contributed by atoms with Crippen LogP contribution in [-0.2, 0) is 0 Å². The van der Waals surface area contributed by atoms with Crippen molar-refractivity contribution >= 4 is 22.7 Å². The van der Waals surface area contributed by atoms with E-state index in [-0.39, 0.29) is 17.5 Å². The average molecular weight is 427 g/mol. The Labute approximate surface area is 184 Å². The van der Waals surface area contributed by atoms with Gasteiger partial charge in [0.2, 0.25) is 0 Å². The number of methoxy groups -OCH3 is 1. The molecule has 1 heterocycles. The minimum Gasteiger partial charge on any atom is -0.497 e. The van der Waals surface area contributed by atoms with Crippen LogP contribution in [0.5, 0.6) is 5.75 Å². The van der Waals surface area contributed by atoms with Crippen LogP contribution >= 0.6 is 0 Å². The topological polar surface area (TPSA) is 89.8 Å². The SMILES string of the molecule is COc1ccc(-n2ccc3cccc(C(=O)N[C@@H](C)c4ccc(C(=O)N=O)cc4)c32)cc1. The number of ether oxygens (including phenoxy) is 1. The second-order valence-corrected chi connectivity index (χ2v) is 7.34. The number of hydrogen-bond donors (Lipinski definition) is 1. The van der Waals surface area contributed by atoms with E-state index < -0.39 is 5.91 Å². The van der Waals surface area contributed by atoms with E-state index in [0.717, 1.165) is 27.9 Å². The molecule has 7 nitrogen and oxygen atoms in total. The predicted molar refractivity (Wildman–Crippen MR) is 122 cm³/mol. The summed E-state index contributed by atoms with van der Waals surface area (Å²) < 4.78 is 7.21. The Morgan fingerprint density at radius 2 is 1.69 bits per heavy atom. The van der Waals surface area contributed by atoms with Crippen LogP contribution in [0.4, 0.5) is 0 Å². The lowest BCUT2D eigenvalue weighted by Crippen LogP contribution is -2.27. The summed E-state index contributed by atoms with van der Waals surface area (Å²) in [7, 11) is 1.62. The first kappa shape index (κ1) is 21.0. The Balaban J connectivity index is 1.62. The van der Waals surface area contributed by atoms with E-state index in [2.05, 4.69) is 10.5 Å². The van der Waals surface area contributed by atoms with Crippen LogP contribution in [0.25, 0.3) is 16.6 Å². The summed E-state index contributed by atoms with van der Waals surface area (Å²) in [4.78, 5) is 35.0. The molecule has 4 rings (SSSR count). The zero-order valence-electron chi connectivity index (χ0n) is 17.6. The molecule has 0 aliphatic heterocycles. The maximum atomic E-state index is 13.2. The molecule has 0 unspecified atom stereocenters. The van der Waals surface area contributed by atoms with Gasteiger partial charge < -0.3 is 14.6 Å². The van der Waals surface area contributed by atoms with Crippen LogP contribution in [0.1, 0.15) is 39.2 Å². The Kier molecular flexibility index (Phi) is 5.81. The van der Waals surface area contributed by atoms with E-state index in [0.29, 0.717) is 5.56 Å². The van der Waals surface area contributed by atoms with Crippen molar-refractivity contribution in [3.05, 3.63) is 101 Å². The summed E-state index contributed by atoms with van der Waals surface area (Å²) in [6.45, 7) is 1.86. The number of nitrogens with one attached hydrogen (secondary N) is 1. The van der Waals surface area contributed by atoms with Crippen molar-refractivity contribution in [2.75, 3.05) is 7.11 Å². The normalized spacial score (nSPS) is 11.7. The lowest BCUT2D eigenvalue weighted by atomic mass is 10.0. The molecule has 0 radical (unpaired) electrons. The molecule has 2 amide bonds. The van der Waals surface area contributed by atoms with Gasteiger partial charge in [-0.25, -0.2) is 0 Å². The number of rotatable bonds is 6. The third kappa shape index (κ3) is 4.00. The van der Waals surface area contributed by atoms with Gasteiger partial charge in [0.15, 0.2) is 0 Å². The van der Waals surface area contributed by atoms with Crippen LogP contribution in [0.2, 0.25) is 0 Å². The highest BCUT2D eigenvalue weighted by Gasteiger charge is 2.17. The van der Waals surface area contributed by atoms with Gasteiger partial charge in [0.05, 0.1) is 24.2 Å². The fourth-order valence-corrected chi connectivity index (χ4v) is 3.66. The Bertz CT molecular complexity index is 1290. The molecule has 0 spiro atoms. The number of aromatic nitrogens is 1. The molecule has 160 valence electrons. The average Bonchev–Trinajstić information content (AvgIpc) is 3.28. The number of fused-ring (bicyclic) bond motifs is 1. The van der Waals surface area contributed by atoms with Gasteiger partial charge in [-0.2, -0.15) is 0 Å². The van der Waals surface area contributed by atoms with Gasteiger partial charge in [-0.1, -0.05) is 24.3 Å². The molecule has 0 saturated carbocycles. The van der Waals surface area contributed by atoms with Crippen LogP contribution < -0.4 is 10.1 Å². The first-order valence-electron chi connectivity index (χ1n) is 10.0. The third-order valence-corrected chi connectivity index (χ3v) is 5.39. The van der Waals surface area contributed by atoms with Crippen molar-refractivity contribution in [3.8, 4) is 11.4 Å². The molecule has 7 heteroatoms. The minimum atomic E-state index is -0.820. The summed E-state index contributed by atoms with van der Waals surface area (Å²) in [6.07, 6.45) is 1.93. The zero-order chi connectivity index (χ0) is 22.7. The van der Waals surface area contributed by atoms with Gasteiger partial charge in [0.1, 0.15) is 5.75 Å². The molecule has 32 heavy (non-hydrogen) atoms. The molecular formula is C25H21N3O4. The van der Waals surface area contributed by atoms with E-state index in [1.807, 2.05) is 60.2 Å². The smallest absolute Gasteiger partial charge is 0.316 e. The molecule has 4 aromatic rings. The highest BCUT2D eigenvalue weighted by Crippen LogP contribution is 2.26. The van der Waals surface area contributed by atoms with Gasteiger partial charge in [-0.3, -0.25) is 9.59 Å². The highest BCUT2D eigenvalue weighted by molar-refractivity contribution is 6.06. The zero-order valence-corrected chi connectivity index (χ0v) is 17.6. The van der Waals surface area contributed by atoms with Crippen molar-refractivity contribution < 1.29 is 14.3 Å². The Morgan fingerprint density at radius 3 is 2.34 bits per heavy atom. The van der Waals surface area contributed by atoms with E-state index >= 15 is 0 Å². The maximum Gasteiger partial charge on any atom is 0.316 e. The fourth-order valence-electron chi connectivity index (χ4n) is 3.66. The van der Waals surface area contributed by atoms with Crippen molar-refractivity contribution in [1.29, 1.82) is 0 Å². The van der Waals surface area contributed by atoms with Gasteiger partial charge >= 0.3 is 5.91 Å². The quantitative estimate of drug-likeness (QED) is 0.437. The highest BCUT2D eigenvalue weighted by atomic mass is 16.5. The number of amides is 2. The minimum absolute atomic E-state index is 0.212. The van der Waals surface area contributed by atoms with E-state index in [4.69, 9.17) is 4.74 Å². The fraction of sp³-hybridized carbons (Fsp3) is 0.120. The van der Waals surface area contributed by atoms with Gasteiger partial charge in [0.25, 0.3) is 5.91 Å². The van der Waals surface area contributed by atoms with Gasteiger partial charge in [-0.05, 0) is 61.0 Å². The van der Waals surface area contributed by atoms with Crippen LogP contribution in [0.15, 0.2) is 84.2 Å². The number of para-hydroxylation sites is 1. The Morgan fingerprint density at radius 1 is 0.969 bits per heavy atom. The van der Waals surface area contributed by atoms with Gasteiger partial charge in [-0.15, -0.1) is 4.91 Å². The number of nitrogens with zero attached hydrogens (tertiary/aromatic N) is 2. The lowest BCUT2D eigenvalue weighted by molar-refractivity contribution is 0.0939. The summed E-state index contributed by atoms with van der Waals surface area (Å²) >= 11 is 0. The molecule has 3 aromatic carbocycles. The molecule has 0 aliphatic carbocycles. The number of carbonyl (C=O) groups excluding carboxylic acids is 2. The summed E-state index contributed by atoms with van der Waals surface area (Å²) in [6, 6.07) is 21.3. The standard InChI is InChI=1S/C25H21N3O4/c1-16(17-6-8-19(9-7-17)24(29)27-31)26-25(30)22-5-3-4-18-14-15-28(23(18)22)20-10-12-21(32-2)13-11-20/h3-16H,1-2H3,(H,26,30)/t16-/m0/s1. The number of carbonyl (C=O) groups is 2. The molecule has 1 atom stereocenters. The number of benzene rings is 3. The van der Waals surface area contributed by atoms with Crippen LogP contribution in [-0.4, -0.2) is 23.5 Å². The summed E-state index contributed by atoms with van der Waals surface area (Å²) in [5.41, 5.74) is 3.29. The lowest BCUT2D eigenvalue weighted by Gasteiger charge is -2.16. The van der Waals surface area contributed by atoms with Crippen molar-refractivity contribution in [2.24, 2.45) is 5.18 Å². The second-order valence-electron chi connectivity index (χ2n) is 7.34. The predicted octanol–water partition coefficient (Wildman–Crippen LogP) is 5.04. The van der Waals surface area contributed by atoms with Crippen molar-refractivity contribution in [1.82, 2.24) is 9.88 Å². The molecule has 0 aliphatic rings. The van der Waals surface area contributed by atoms with E-state index in [1.54, 1.807) is 25.3 Å². The molecule has 1 N–H and O–H groups in total. The van der Waals surface area contributed by atoms with E-state index in [1.165, 1.54) is 12.1 Å². The number of nitroso groups, excluding NO2 is 1. The van der Waals surface area contributed by atoms with Crippen molar-refractivity contribution in [3.63, 3.8) is 0 Å². The van der Waals surface area contributed by atoms with Crippen LogP contribution in [0.3, 0.4) is 0 Å². The maximum absolute atomic E-state index is 13.2. The van der Waals surface area contributed by atoms with E-state index in [9.17, 15) is 14.5 Å². The second kappa shape index (κ2) is 8.85. The molecular weight excluding hydrogens is 406 g/mol. The molecule has 0 saturated heterocycles.